The lowest BCUT2D eigenvalue weighted by atomic mass is 9.92. The zero-order valence-corrected chi connectivity index (χ0v) is 13.3. The predicted octanol–water partition coefficient (Wildman–Crippen LogP) is 5.07. The van der Waals surface area contributed by atoms with E-state index in [0.29, 0.717) is 13.2 Å². The molecule has 0 heterocycles. The van der Waals surface area contributed by atoms with Gasteiger partial charge in [0.1, 0.15) is 0 Å². The highest BCUT2D eigenvalue weighted by atomic mass is 16.5. The summed E-state index contributed by atoms with van der Waals surface area (Å²) >= 11 is 0. The predicted molar refractivity (Wildman–Crippen MR) is 92.1 cm³/mol. The van der Waals surface area contributed by atoms with Gasteiger partial charge in [-0.25, -0.2) is 0 Å². The molecule has 0 aliphatic carbocycles. The third-order valence-electron chi connectivity index (χ3n) is 4.06. The van der Waals surface area contributed by atoms with Gasteiger partial charge in [-0.1, -0.05) is 48.5 Å². The number of benzene rings is 3. The number of hydrogen-bond acceptors (Lipinski definition) is 2. The SMILES string of the molecule is CCOCc1c2ccccc2c(COCC)c2ccccc12. The first kappa shape index (κ1) is 15.0. The van der Waals surface area contributed by atoms with Crippen LogP contribution in [-0.2, 0) is 22.7 Å². The smallest absolute Gasteiger partial charge is 0.0728 e. The molecule has 2 nitrogen and oxygen atoms in total. The summed E-state index contributed by atoms with van der Waals surface area (Å²) in [5.74, 6) is 0. The van der Waals surface area contributed by atoms with Gasteiger partial charge in [-0.05, 0) is 46.5 Å². The summed E-state index contributed by atoms with van der Waals surface area (Å²) in [5.41, 5.74) is 2.54. The first-order valence-corrected chi connectivity index (χ1v) is 7.93. The van der Waals surface area contributed by atoms with Crippen LogP contribution in [-0.4, -0.2) is 13.2 Å². The van der Waals surface area contributed by atoms with Crippen molar-refractivity contribution in [1.29, 1.82) is 0 Å². The van der Waals surface area contributed by atoms with E-state index in [1.807, 2.05) is 13.8 Å². The average Bonchev–Trinajstić information content (AvgIpc) is 2.58. The van der Waals surface area contributed by atoms with Gasteiger partial charge in [0.05, 0.1) is 13.2 Å². The van der Waals surface area contributed by atoms with Gasteiger partial charge >= 0.3 is 0 Å². The van der Waals surface area contributed by atoms with Gasteiger partial charge in [0.25, 0.3) is 0 Å². The van der Waals surface area contributed by atoms with E-state index in [2.05, 4.69) is 48.5 Å². The summed E-state index contributed by atoms with van der Waals surface area (Å²) in [6, 6.07) is 17.1. The Kier molecular flexibility index (Phi) is 4.71. The molecule has 114 valence electrons. The summed E-state index contributed by atoms with van der Waals surface area (Å²) in [5, 5.41) is 5.07. The third kappa shape index (κ3) is 2.72. The topological polar surface area (TPSA) is 18.5 Å². The molecular weight excluding hydrogens is 272 g/mol. The fourth-order valence-corrected chi connectivity index (χ4v) is 3.03. The zero-order valence-electron chi connectivity index (χ0n) is 13.3. The minimum atomic E-state index is 0.645. The van der Waals surface area contributed by atoms with Crippen molar-refractivity contribution in [2.45, 2.75) is 27.1 Å². The Morgan fingerprint density at radius 2 is 0.909 bits per heavy atom. The first-order chi connectivity index (χ1) is 10.9. The van der Waals surface area contributed by atoms with Crippen molar-refractivity contribution in [2.75, 3.05) is 13.2 Å². The number of ether oxygens (including phenoxy) is 2. The molecular formula is C20H22O2. The maximum atomic E-state index is 5.73. The largest absolute Gasteiger partial charge is 0.377 e. The zero-order chi connectivity index (χ0) is 15.4. The van der Waals surface area contributed by atoms with Crippen molar-refractivity contribution in [2.24, 2.45) is 0 Å². The Morgan fingerprint density at radius 3 is 1.18 bits per heavy atom. The van der Waals surface area contributed by atoms with Gasteiger partial charge < -0.3 is 9.47 Å². The molecule has 0 radical (unpaired) electrons. The molecule has 0 aliphatic rings. The molecule has 22 heavy (non-hydrogen) atoms. The van der Waals surface area contributed by atoms with Crippen LogP contribution in [0.5, 0.6) is 0 Å². The molecule has 0 unspecified atom stereocenters. The lowest BCUT2D eigenvalue weighted by Gasteiger charge is -2.16. The van der Waals surface area contributed by atoms with Gasteiger partial charge in [-0.15, -0.1) is 0 Å². The van der Waals surface area contributed by atoms with Crippen LogP contribution in [0, 0.1) is 0 Å². The van der Waals surface area contributed by atoms with Crippen molar-refractivity contribution >= 4 is 21.5 Å². The molecule has 0 fully saturated rings. The minimum Gasteiger partial charge on any atom is -0.377 e. The molecule has 0 saturated heterocycles. The fourth-order valence-electron chi connectivity index (χ4n) is 3.03. The highest BCUT2D eigenvalue weighted by Crippen LogP contribution is 2.33. The molecule has 0 aliphatic heterocycles. The second kappa shape index (κ2) is 6.91. The summed E-state index contributed by atoms with van der Waals surface area (Å²) in [4.78, 5) is 0. The standard InChI is InChI=1S/C20H22O2/c1-3-21-13-19-15-9-5-7-11-17(15)20(14-22-4-2)18-12-8-6-10-16(18)19/h5-12H,3-4,13-14H2,1-2H3. The summed E-state index contributed by atoms with van der Waals surface area (Å²) < 4.78 is 11.5. The van der Waals surface area contributed by atoms with Crippen LogP contribution >= 0.6 is 0 Å². The van der Waals surface area contributed by atoms with Crippen molar-refractivity contribution < 1.29 is 9.47 Å². The molecule has 0 atom stereocenters. The lowest BCUT2D eigenvalue weighted by Crippen LogP contribution is -2.00. The molecule has 0 aromatic heterocycles. The van der Waals surface area contributed by atoms with E-state index in [1.165, 1.54) is 32.7 Å². The van der Waals surface area contributed by atoms with Gasteiger partial charge in [-0.2, -0.15) is 0 Å². The minimum absolute atomic E-state index is 0.645. The number of fused-ring (bicyclic) bond motifs is 2. The van der Waals surface area contributed by atoms with E-state index >= 15 is 0 Å². The lowest BCUT2D eigenvalue weighted by molar-refractivity contribution is 0.134. The van der Waals surface area contributed by atoms with E-state index in [1.54, 1.807) is 0 Å². The van der Waals surface area contributed by atoms with Gasteiger partial charge in [0, 0.05) is 13.2 Å². The molecule has 3 aromatic carbocycles. The molecule has 2 heteroatoms. The van der Waals surface area contributed by atoms with E-state index in [4.69, 9.17) is 9.47 Å². The Morgan fingerprint density at radius 1 is 0.591 bits per heavy atom. The van der Waals surface area contributed by atoms with E-state index < -0.39 is 0 Å². The van der Waals surface area contributed by atoms with Crippen LogP contribution in [0.4, 0.5) is 0 Å². The summed E-state index contributed by atoms with van der Waals surface area (Å²) in [7, 11) is 0. The second-order valence-corrected chi connectivity index (χ2v) is 5.32. The van der Waals surface area contributed by atoms with E-state index in [-0.39, 0.29) is 0 Å². The highest BCUT2D eigenvalue weighted by molar-refractivity contribution is 6.05. The number of hydrogen-bond donors (Lipinski definition) is 0. The van der Waals surface area contributed by atoms with Crippen LogP contribution < -0.4 is 0 Å². The van der Waals surface area contributed by atoms with Gasteiger partial charge in [0.2, 0.25) is 0 Å². The Balaban J connectivity index is 2.32. The summed E-state index contributed by atoms with van der Waals surface area (Å²) in [6.07, 6.45) is 0. The normalized spacial score (nSPS) is 11.4. The fraction of sp³-hybridized carbons (Fsp3) is 0.300. The van der Waals surface area contributed by atoms with Gasteiger partial charge in [0.15, 0.2) is 0 Å². The quantitative estimate of drug-likeness (QED) is 0.591. The molecule has 0 bridgehead atoms. The van der Waals surface area contributed by atoms with E-state index in [0.717, 1.165) is 13.2 Å². The third-order valence-corrected chi connectivity index (χ3v) is 4.06. The monoisotopic (exact) mass is 294 g/mol. The Hall–Kier alpha value is -1.90. The molecule has 0 spiro atoms. The summed E-state index contributed by atoms with van der Waals surface area (Å²) in [6.45, 7) is 6.81. The number of rotatable bonds is 6. The van der Waals surface area contributed by atoms with Crippen LogP contribution in [0.15, 0.2) is 48.5 Å². The van der Waals surface area contributed by atoms with Crippen molar-refractivity contribution in [1.82, 2.24) is 0 Å². The van der Waals surface area contributed by atoms with Crippen molar-refractivity contribution in [3.63, 3.8) is 0 Å². The van der Waals surface area contributed by atoms with Crippen molar-refractivity contribution in [3.05, 3.63) is 59.7 Å². The van der Waals surface area contributed by atoms with Crippen LogP contribution in [0.25, 0.3) is 21.5 Å². The van der Waals surface area contributed by atoms with E-state index in [9.17, 15) is 0 Å². The Bertz CT molecular complexity index is 654. The molecule has 0 N–H and O–H groups in total. The van der Waals surface area contributed by atoms with Crippen LogP contribution in [0.3, 0.4) is 0 Å². The second-order valence-electron chi connectivity index (χ2n) is 5.32. The van der Waals surface area contributed by atoms with Crippen molar-refractivity contribution in [3.8, 4) is 0 Å². The molecule has 3 rings (SSSR count). The van der Waals surface area contributed by atoms with Gasteiger partial charge in [-0.3, -0.25) is 0 Å². The van der Waals surface area contributed by atoms with Crippen LogP contribution in [0.1, 0.15) is 25.0 Å². The molecule has 0 amide bonds. The molecule has 3 aromatic rings. The maximum absolute atomic E-state index is 5.73. The highest BCUT2D eigenvalue weighted by Gasteiger charge is 2.13. The average molecular weight is 294 g/mol. The Labute approximate surface area is 131 Å². The maximum Gasteiger partial charge on any atom is 0.0728 e. The van der Waals surface area contributed by atoms with Crippen LogP contribution in [0.2, 0.25) is 0 Å². The molecule has 0 saturated carbocycles. The first-order valence-electron chi connectivity index (χ1n) is 7.93.